The molecule has 0 radical (unpaired) electrons. The van der Waals surface area contributed by atoms with Gasteiger partial charge in [0.15, 0.2) is 5.70 Å². The van der Waals surface area contributed by atoms with Gasteiger partial charge in [-0.1, -0.05) is 12.1 Å². The minimum atomic E-state index is -0.226. The molecule has 0 saturated carbocycles. The van der Waals surface area contributed by atoms with Crippen LogP contribution < -0.4 is 5.32 Å². The lowest BCUT2D eigenvalue weighted by Gasteiger charge is -2.29. The van der Waals surface area contributed by atoms with Gasteiger partial charge < -0.3 is 15.1 Å². The van der Waals surface area contributed by atoms with Crippen LogP contribution in [0, 0.1) is 0 Å². The standard InChI is InChI=1S/C29H31N7O2/c1-34(2)17-7-10-26(37)35-18-6-8-23(35)27-24-20-30-16-19-36(24,3)28(33-27)21-11-13-22(14-12-21)29(38)32-25-9-4-5-15-31-25/h4-5,7,9-16,19-20,23H,6,8,17-18H2,1-3H3/p+1/b10-7+. The SMILES string of the molecule is CN(C)C/C=C/C(=O)N1CCCC1C1=C2C=NC=C[N+]2(C)C(c2ccc(C(=O)Nc3ccccn3)cc2)=N1. The number of amidine groups is 1. The van der Waals surface area contributed by atoms with Crippen LogP contribution in [0.3, 0.4) is 0 Å². The van der Waals surface area contributed by atoms with Crippen LogP contribution in [0.4, 0.5) is 5.82 Å². The molecule has 2 amide bonds. The predicted octanol–water partition coefficient (Wildman–Crippen LogP) is 3.42. The predicted molar refractivity (Wildman–Crippen MR) is 148 cm³/mol. The molecule has 1 fully saturated rings. The van der Waals surface area contributed by atoms with Gasteiger partial charge in [-0.25, -0.2) is 9.47 Å². The Morgan fingerprint density at radius 1 is 1.18 bits per heavy atom. The van der Waals surface area contributed by atoms with Gasteiger partial charge in [0.1, 0.15) is 17.7 Å². The molecule has 5 rings (SSSR count). The molecule has 0 aliphatic carbocycles. The van der Waals surface area contributed by atoms with E-state index in [4.69, 9.17) is 4.99 Å². The zero-order valence-electron chi connectivity index (χ0n) is 21.9. The third kappa shape index (κ3) is 4.98. The summed E-state index contributed by atoms with van der Waals surface area (Å²) < 4.78 is 0.354. The van der Waals surface area contributed by atoms with Crippen molar-refractivity contribution in [2.24, 2.45) is 9.98 Å². The number of likely N-dealkylation sites (tertiary alicyclic amines) is 1. The van der Waals surface area contributed by atoms with Crippen molar-refractivity contribution >= 4 is 29.7 Å². The Morgan fingerprint density at radius 2 is 2.00 bits per heavy atom. The number of amides is 2. The molecule has 38 heavy (non-hydrogen) atoms. The Balaban J connectivity index is 1.41. The molecule has 1 aromatic carbocycles. The molecule has 1 N–H and O–H groups in total. The fourth-order valence-electron chi connectivity index (χ4n) is 5.00. The lowest BCUT2D eigenvalue weighted by molar-refractivity contribution is -0.713. The minimum Gasteiger partial charge on any atom is -0.330 e. The lowest BCUT2D eigenvalue weighted by Crippen LogP contribution is -2.43. The Labute approximate surface area is 222 Å². The van der Waals surface area contributed by atoms with E-state index in [1.807, 2.05) is 60.6 Å². The first-order chi connectivity index (χ1) is 18.4. The summed E-state index contributed by atoms with van der Waals surface area (Å²) in [6.07, 6.45) is 12.6. The summed E-state index contributed by atoms with van der Waals surface area (Å²) in [5, 5.41) is 2.81. The molecular weight excluding hydrogens is 478 g/mol. The van der Waals surface area contributed by atoms with Crippen molar-refractivity contribution in [3.63, 3.8) is 0 Å². The average molecular weight is 511 g/mol. The highest BCUT2D eigenvalue weighted by Gasteiger charge is 2.46. The molecule has 0 spiro atoms. The molecule has 9 heteroatoms. The summed E-state index contributed by atoms with van der Waals surface area (Å²) in [6, 6.07) is 12.7. The molecule has 1 saturated heterocycles. The second-order valence-electron chi connectivity index (χ2n) is 9.96. The summed E-state index contributed by atoms with van der Waals surface area (Å²) in [7, 11) is 6.02. The number of anilines is 1. The molecule has 2 atom stereocenters. The molecule has 3 aliphatic heterocycles. The molecule has 3 aliphatic rings. The van der Waals surface area contributed by atoms with Gasteiger partial charge >= 0.3 is 0 Å². The number of carbonyl (C=O) groups excluding carboxylic acids is 2. The number of allylic oxidation sites excluding steroid dienone is 1. The first-order valence-corrected chi connectivity index (χ1v) is 12.7. The zero-order valence-corrected chi connectivity index (χ0v) is 21.9. The van der Waals surface area contributed by atoms with E-state index in [-0.39, 0.29) is 17.9 Å². The van der Waals surface area contributed by atoms with Crippen molar-refractivity contribution < 1.29 is 14.1 Å². The smallest absolute Gasteiger partial charge is 0.256 e. The number of rotatable bonds is 7. The highest BCUT2D eigenvalue weighted by atomic mass is 16.2. The third-order valence-electron chi connectivity index (χ3n) is 6.97. The summed E-state index contributed by atoms with van der Waals surface area (Å²) in [5.41, 5.74) is 3.26. The third-order valence-corrected chi connectivity index (χ3v) is 6.97. The quantitative estimate of drug-likeness (QED) is 0.457. The zero-order chi connectivity index (χ0) is 26.7. The van der Waals surface area contributed by atoms with Crippen molar-refractivity contribution in [2.75, 3.05) is 39.5 Å². The number of aromatic nitrogens is 1. The van der Waals surface area contributed by atoms with Crippen LogP contribution in [0.5, 0.6) is 0 Å². The monoisotopic (exact) mass is 510 g/mol. The van der Waals surface area contributed by atoms with Crippen molar-refractivity contribution in [2.45, 2.75) is 18.9 Å². The number of aliphatic imine (C=N–C) groups is 2. The number of hydrogen-bond acceptors (Lipinski definition) is 6. The van der Waals surface area contributed by atoms with Gasteiger partial charge in [0.2, 0.25) is 11.7 Å². The van der Waals surface area contributed by atoms with Crippen LogP contribution in [-0.2, 0) is 4.79 Å². The lowest BCUT2D eigenvalue weighted by atomic mass is 10.1. The number of benzene rings is 1. The van der Waals surface area contributed by atoms with Gasteiger partial charge in [-0.05, 0) is 63.3 Å². The second kappa shape index (κ2) is 10.6. The maximum atomic E-state index is 13.1. The van der Waals surface area contributed by atoms with Gasteiger partial charge in [-0.3, -0.25) is 14.6 Å². The molecule has 194 valence electrons. The van der Waals surface area contributed by atoms with Gasteiger partial charge in [-0.2, -0.15) is 4.99 Å². The number of likely N-dealkylation sites (N-methyl/N-ethyl adjacent to an activating group) is 1. The number of carbonyl (C=O) groups is 2. The van der Waals surface area contributed by atoms with Gasteiger partial charge in [0.05, 0.1) is 31.1 Å². The maximum Gasteiger partial charge on any atom is 0.256 e. The fourth-order valence-corrected chi connectivity index (χ4v) is 5.00. The van der Waals surface area contributed by atoms with E-state index in [0.717, 1.165) is 35.6 Å². The normalized spacial score (nSPS) is 22.4. The van der Waals surface area contributed by atoms with Crippen LogP contribution in [0.25, 0.3) is 0 Å². The number of quaternary nitrogens is 1. The summed E-state index contributed by atoms with van der Waals surface area (Å²) in [6.45, 7) is 1.41. The van der Waals surface area contributed by atoms with Gasteiger partial charge in [-0.15, -0.1) is 0 Å². The highest BCUT2D eigenvalue weighted by Crippen LogP contribution is 2.38. The van der Waals surface area contributed by atoms with E-state index in [1.54, 1.807) is 42.7 Å². The molecule has 1 aromatic heterocycles. The Bertz CT molecular complexity index is 1370. The van der Waals surface area contributed by atoms with E-state index in [9.17, 15) is 9.59 Å². The van der Waals surface area contributed by atoms with E-state index in [0.29, 0.717) is 29.0 Å². The second-order valence-corrected chi connectivity index (χ2v) is 9.96. The average Bonchev–Trinajstić information content (AvgIpc) is 3.51. The van der Waals surface area contributed by atoms with E-state index in [1.165, 1.54) is 0 Å². The van der Waals surface area contributed by atoms with E-state index >= 15 is 0 Å². The van der Waals surface area contributed by atoms with Crippen LogP contribution in [0.15, 0.2) is 94.6 Å². The number of pyridine rings is 1. The number of nitrogens with zero attached hydrogens (tertiary/aromatic N) is 6. The van der Waals surface area contributed by atoms with Gasteiger partial charge in [0.25, 0.3) is 5.91 Å². The van der Waals surface area contributed by atoms with Crippen molar-refractivity contribution in [1.29, 1.82) is 0 Å². The minimum absolute atomic E-state index is 0.00636. The van der Waals surface area contributed by atoms with Crippen LogP contribution in [0.2, 0.25) is 0 Å². The first-order valence-electron chi connectivity index (χ1n) is 12.7. The Morgan fingerprint density at radius 3 is 2.74 bits per heavy atom. The molecule has 9 nitrogen and oxygen atoms in total. The molecule has 0 bridgehead atoms. The van der Waals surface area contributed by atoms with E-state index < -0.39 is 0 Å². The van der Waals surface area contributed by atoms with E-state index in [2.05, 4.69) is 22.3 Å². The number of hydrogen-bond donors (Lipinski definition) is 1. The number of fused-ring (bicyclic) bond motifs is 1. The summed E-state index contributed by atoms with van der Waals surface area (Å²) >= 11 is 0. The van der Waals surface area contributed by atoms with Crippen molar-refractivity contribution in [3.8, 4) is 0 Å². The summed E-state index contributed by atoms with van der Waals surface area (Å²) in [5.74, 6) is 1.11. The molecule has 2 unspecified atom stereocenters. The molecular formula is C29H32N7O2+. The molecule has 2 aromatic rings. The Hall–Kier alpha value is -4.21. The molecule has 4 heterocycles. The Kier molecular flexibility index (Phi) is 7.13. The van der Waals surface area contributed by atoms with Crippen LogP contribution in [-0.4, -0.2) is 83.4 Å². The fraction of sp³-hybridized carbons (Fsp3) is 0.276. The van der Waals surface area contributed by atoms with Crippen molar-refractivity contribution in [1.82, 2.24) is 14.8 Å². The van der Waals surface area contributed by atoms with Crippen LogP contribution in [0.1, 0.15) is 28.8 Å². The highest BCUT2D eigenvalue weighted by molar-refractivity contribution is 6.05. The first kappa shape index (κ1) is 25.4. The largest absolute Gasteiger partial charge is 0.330 e. The number of nitrogens with one attached hydrogen (secondary N) is 1. The van der Waals surface area contributed by atoms with Gasteiger partial charge in [0, 0.05) is 30.9 Å². The van der Waals surface area contributed by atoms with Crippen molar-refractivity contribution in [3.05, 3.63) is 95.7 Å². The maximum absolute atomic E-state index is 13.1. The van der Waals surface area contributed by atoms with Crippen LogP contribution >= 0.6 is 0 Å². The topological polar surface area (TPSA) is 90.3 Å². The summed E-state index contributed by atoms with van der Waals surface area (Å²) in [4.78, 5) is 43.4.